The predicted octanol–water partition coefficient (Wildman–Crippen LogP) is 2.15. The summed E-state index contributed by atoms with van der Waals surface area (Å²) in [6.45, 7) is 1.89. The lowest BCUT2D eigenvalue weighted by Gasteiger charge is -2.25. The topological polar surface area (TPSA) is 75.4 Å². The van der Waals surface area contributed by atoms with Gasteiger partial charge in [0.2, 0.25) is 5.91 Å². The van der Waals surface area contributed by atoms with Crippen molar-refractivity contribution in [2.75, 3.05) is 19.4 Å². The number of benzene rings is 1. The molecule has 120 valence electrons. The highest BCUT2D eigenvalue weighted by atomic mass is 16.2. The molecule has 1 aliphatic rings. The number of anilines is 1. The lowest BCUT2D eigenvalue weighted by molar-refractivity contribution is -0.120. The number of hydrogen-bond donors (Lipinski definition) is 2. The van der Waals surface area contributed by atoms with Gasteiger partial charge in [-0.1, -0.05) is 12.5 Å². The summed E-state index contributed by atoms with van der Waals surface area (Å²) >= 11 is 0. The number of amides is 2. The van der Waals surface area contributed by atoms with Crippen LogP contribution in [-0.2, 0) is 4.79 Å². The average molecular weight is 303 g/mol. The summed E-state index contributed by atoms with van der Waals surface area (Å²) in [5, 5.41) is 2.93. The first-order chi connectivity index (χ1) is 10.4. The number of hydrogen-bond acceptors (Lipinski definition) is 3. The Morgan fingerprint density at radius 3 is 2.64 bits per heavy atom. The molecule has 22 heavy (non-hydrogen) atoms. The normalized spacial score (nSPS) is 21.3. The lowest BCUT2D eigenvalue weighted by atomic mass is 9.85. The van der Waals surface area contributed by atoms with E-state index in [4.69, 9.17) is 5.73 Å². The summed E-state index contributed by atoms with van der Waals surface area (Å²) in [6, 6.07) is 5.56. The third-order valence-electron chi connectivity index (χ3n) is 4.23. The standard InChI is InChI=1S/C17H25N3O2/c1-11-7-8-14(10-15(11)17(22)20(2)3)19-16(21)12-5-4-6-13(18)9-12/h7-8,10,12-13H,4-6,9,18H2,1-3H3,(H,19,21). The van der Waals surface area contributed by atoms with E-state index < -0.39 is 0 Å². The van der Waals surface area contributed by atoms with E-state index in [2.05, 4.69) is 5.32 Å². The van der Waals surface area contributed by atoms with Gasteiger partial charge in [-0.25, -0.2) is 0 Å². The number of carbonyl (C=O) groups is 2. The molecule has 3 N–H and O–H groups in total. The van der Waals surface area contributed by atoms with Gasteiger partial charge in [-0.15, -0.1) is 0 Å². The number of nitrogens with zero attached hydrogens (tertiary/aromatic N) is 1. The molecule has 0 radical (unpaired) electrons. The van der Waals surface area contributed by atoms with Gasteiger partial charge in [-0.3, -0.25) is 9.59 Å². The summed E-state index contributed by atoms with van der Waals surface area (Å²) in [6.07, 6.45) is 3.61. The Morgan fingerprint density at radius 1 is 1.27 bits per heavy atom. The Morgan fingerprint density at radius 2 is 2.00 bits per heavy atom. The van der Waals surface area contributed by atoms with Crippen molar-refractivity contribution in [1.82, 2.24) is 4.90 Å². The van der Waals surface area contributed by atoms with Gasteiger partial charge in [-0.05, 0) is 43.9 Å². The third-order valence-corrected chi connectivity index (χ3v) is 4.23. The first-order valence-electron chi connectivity index (χ1n) is 7.77. The Hall–Kier alpha value is -1.88. The molecule has 0 aromatic heterocycles. The van der Waals surface area contributed by atoms with E-state index in [0.29, 0.717) is 11.3 Å². The van der Waals surface area contributed by atoms with E-state index >= 15 is 0 Å². The molecule has 1 aromatic carbocycles. The van der Waals surface area contributed by atoms with Gasteiger partial charge in [0.15, 0.2) is 0 Å². The van der Waals surface area contributed by atoms with Crippen LogP contribution in [0.15, 0.2) is 18.2 Å². The third kappa shape index (κ3) is 3.85. The van der Waals surface area contributed by atoms with Crippen LogP contribution in [-0.4, -0.2) is 36.9 Å². The van der Waals surface area contributed by atoms with Gasteiger partial charge < -0.3 is 16.0 Å². The molecule has 0 aliphatic heterocycles. The minimum atomic E-state index is -0.0618. The molecule has 0 spiro atoms. The molecular formula is C17H25N3O2. The van der Waals surface area contributed by atoms with Crippen LogP contribution < -0.4 is 11.1 Å². The van der Waals surface area contributed by atoms with Crippen LogP contribution in [0.25, 0.3) is 0 Å². The Labute approximate surface area is 131 Å². The van der Waals surface area contributed by atoms with Crippen LogP contribution in [0.4, 0.5) is 5.69 Å². The fraction of sp³-hybridized carbons (Fsp3) is 0.529. The quantitative estimate of drug-likeness (QED) is 0.898. The van der Waals surface area contributed by atoms with E-state index in [9.17, 15) is 9.59 Å². The summed E-state index contributed by atoms with van der Waals surface area (Å²) in [5.41, 5.74) is 8.12. The van der Waals surface area contributed by atoms with Crippen molar-refractivity contribution in [3.05, 3.63) is 29.3 Å². The molecule has 1 saturated carbocycles. The van der Waals surface area contributed by atoms with Crippen molar-refractivity contribution < 1.29 is 9.59 Å². The molecule has 2 atom stereocenters. The molecule has 5 nitrogen and oxygen atoms in total. The summed E-state index contributed by atoms with van der Waals surface area (Å²) in [5.74, 6) is -0.0893. The predicted molar refractivity (Wildman–Crippen MR) is 87.8 cm³/mol. The molecule has 1 aliphatic carbocycles. The highest BCUT2D eigenvalue weighted by molar-refractivity contribution is 5.98. The molecule has 5 heteroatoms. The van der Waals surface area contributed by atoms with Crippen molar-refractivity contribution in [3.63, 3.8) is 0 Å². The first kappa shape index (κ1) is 16.5. The fourth-order valence-corrected chi connectivity index (χ4v) is 2.88. The SMILES string of the molecule is Cc1ccc(NC(=O)C2CCCC(N)C2)cc1C(=O)N(C)C. The Balaban J connectivity index is 2.11. The van der Waals surface area contributed by atoms with Gasteiger partial charge in [0.1, 0.15) is 0 Å². The van der Waals surface area contributed by atoms with Gasteiger partial charge in [-0.2, -0.15) is 0 Å². The van der Waals surface area contributed by atoms with Gasteiger partial charge >= 0.3 is 0 Å². The van der Waals surface area contributed by atoms with Gasteiger partial charge in [0, 0.05) is 37.3 Å². The monoisotopic (exact) mass is 303 g/mol. The smallest absolute Gasteiger partial charge is 0.253 e. The number of aryl methyl sites for hydroxylation is 1. The second kappa shape index (κ2) is 6.92. The van der Waals surface area contributed by atoms with Crippen molar-refractivity contribution in [3.8, 4) is 0 Å². The molecule has 2 unspecified atom stereocenters. The minimum absolute atomic E-state index is 0.00209. The molecule has 0 bridgehead atoms. The van der Waals surface area contributed by atoms with Crippen LogP contribution >= 0.6 is 0 Å². The van der Waals surface area contributed by atoms with Gasteiger partial charge in [0.25, 0.3) is 5.91 Å². The van der Waals surface area contributed by atoms with Crippen LogP contribution in [0, 0.1) is 12.8 Å². The van der Waals surface area contributed by atoms with Crippen molar-refractivity contribution in [2.24, 2.45) is 11.7 Å². The first-order valence-corrected chi connectivity index (χ1v) is 7.77. The zero-order chi connectivity index (χ0) is 16.3. The zero-order valence-corrected chi connectivity index (χ0v) is 13.6. The van der Waals surface area contributed by atoms with Gasteiger partial charge in [0.05, 0.1) is 0 Å². The van der Waals surface area contributed by atoms with Crippen LogP contribution in [0.3, 0.4) is 0 Å². The van der Waals surface area contributed by atoms with Crippen LogP contribution in [0.1, 0.15) is 41.6 Å². The van der Waals surface area contributed by atoms with E-state index in [1.807, 2.05) is 19.1 Å². The van der Waals surface area contributed by atoms with Crippen molar-refractivity contribution in [1.29, 1.82) is 0 Å². The van der Waals surface area contributed by atoms with E-state index in [-0.39, 0.29) is 23.8 Å². The molecule has 2 rings (SSSR count). The van der Waals surface area contributed by atoms with Crippen LogP contribution in [0.2, 0.25) is 0 Å². The van der Waals surface area contributed by atoms with Crippen molar-refractivity contribution >= 4 is 17.5 Å². The molecular weight excluding hydrogens is 278 g/mol. The van der Waals surface area contributed by atoms with Crippen molar-refractivity contribution in [2.45, 2.75) is 38.6 Å². The molecule has 2 amide bonds. The average Bonchev–Trinajstić information content (AvgIpc) is 2.48. The summed E-state index contributed by atoms with van der Waals surface area (Å²) in [4.78, 5) is 26.0. The Bertz CT molecular complexity index is 569. The maximum absolute atomic E-state index is 12.4. The van der Waals surface area contributed by atoms with Crippen LogP contribution in [0.5, 0.6) is 0 Å². The Kier molecular flexibility index (Phi) is 5.19. The summed E-state index contributed by atoms with van der Waals surface area (Å²) in [7, 11) is 3.44. The number of nitrogens with two attached hydrogens (primary N) is 1. The number of nitrogens with one attached hydrogen (secondary N) is 1. The summed E-state index contributed by atoms with van der Waals surface area (Å²) < 4.78 is 0. The minimum Gasteiger partial charge on any atom is -0.345 e. The molecule has 1 fully saturated rings. The second-order valence-electron chi connectivity index (χ2n) is 6.34. The lowest BCUT2D eigenvalue weighted by Crippen LogP contribution is -2.34. The molecule has 0 heterocycles. The highest BCUT2D eigenvalue weighted by Gasteiger charge is 2.25. The van der Waals surface area contributed by atoms with E-state index in [0.717, 1.165) is 31.2 Å². The zero-order valence-electron chi connectivity index (χ0n) is 13.6. The molecule has 0 saturated heterocycles. The second-order valence-corrected chi connectivity index (χ2v) is 6.34. The largest absolute Gasteiger partial charge is 0.345 e. The number of carbonyl (C=O) groups excluding carboxylic acids is 2. The van der Waals surface area contributed by atoms with E-state index in [1.165, 1.54) is 4.90 Å². The number of rotatable bonds is 3. The maximum Gasteiger partial charge on any atom is 0.253 e. The fourth-order valence-electron chi connectivity index (χ4n) is 2.88. The molecule has 1 aromatic rings. The maximum atomic E-state index is 12.4. The van der Waals surface area contributed by atoms with E-state index in [1.54, 1.807) is 20.2 Å². The highest BCUT2D eigenvalue weighted by Crippen LogP contribution is 2.25.